The Bertz CT molecular complexity index is 690. The van der Waals surface area contributed by atoms with E-state index >= 15 is 0 Å². The first-order chi connectivity index (χ1) is 11.0. The molecule has 0 atom stereocenters. The highest BCUT2D eigenvalue weighted by atomic mass is 35.5. The number of amides is 1. The number of hydrogen-bond donors (Lipinski definition) is 2. The van der Waals surface area contributed by atoms with Crippen LogP contribution in [0.3, 0.4) is 0 Å². The van der Waals surface area contributed by atoms with Gasteiger partial charge in [0.05, 0.1) is 10.7 Å². The van der Waals surface area contributed by atoms with Gasteiger partial charge in [0.25, 0.3) is 5.91 Å². The highest BCUT2D eigenvalue weighted by Gasteiger charge is 2.12. The summed E-state index contributed by atoms with van der Waals surface area (Å²) in [5, 5.41) is 6.43. The molecule has 0 aliphatic carbocycles. The largest absolute Gasteiger partial charge is 0.369 e. The molecule has 2 N–H and O–H groups in total. The first-order valence-electron chi connectivity index (χ1n) is 7.26. The van der Waals surface area contributed by atoms with Crippen LogP contribution in [0.4, 0.5) is 11.5 Å². The molecule has 1 aromatic heterocycles. The third-order valence-electron chi connectivity index (χ3n) is 3.06. The minimum absolute atomic E-state index is 0.296. The molecule has 122 valence electrons. The van der Waals surface area contributed by atoms with Crippen molar-refractivity contribution >= 4 is 29.0 Å². The average molecular weight is 334 g/mol. The highest BCUT2D eigenvalue weighted by molar-refractivity contribution is 6.33. The summed E-state index contributed by atoms with van der Waals surface area (Å²) >= 11 is 6.05. The predicted molar refractivity (Wildman–Crippen MR) is 93.2 cm³/mol. The summed E-state index contributed by atoms with van der Waals surface area (Å²) in [6.45, 7) is 3.35. The second kappa shape index (κ2) is 7.89. The summed E-state index contributed by atoms with van der Waals surface area (Å²) in [4.78, 5) is 22.9. The molecule has 1 amide bonds. The minimum Gasteiger partial charge on any atom is -0.369 e. The Labute approximate surface area is 140 Å². The average Bonchev–Trinajstić information content (AvgIpc) is 2.48. The molecule has 0 fully saturated rings. The van der Waals surface area contributed by atoms with E-state index in [1.54, 1.807) is 37.3 Å². The van der Waals surface area contributed by atoms with Crippen molar-refractivity contribution in [2.24, 2.45) is 0 Å². The monoisotopic (exact) mass is 333 g/mol. The number of para-hydroxylation sites is 1. The van der Waals surface area contributed by atoms with Crippen molar-refractivity contribution in [1.29, 1.82) is 0 Å². The molecule has 0 aliphatic rings. The van der Waals surface area contributed by atoms with Gasteiger partial charge in [-0.25, -0.2) is 9.97 Å². The molecule has 0 saturated carbocycles. The summed E-state index contributed by atoms with van der Waals surface area (Å²) in [6.07, 6.45) is 0. The normalized spacial score (nSPS) is 10.7. The third kappa shape index (κ3) is 5.19. The summed E-state index contributed by atoms with van der Waals surface area (Å²) in [5.74, 6) is 0.840. The van der Waals surface area contributed by atoms with Crippen LogP contribution in [0, 0.1) is 6.92 Å². The van der Waals surface area contributed by atoms with Crippen molar-refractivity contribution in [2.45, 2.75) is 6.92 Å². The number of carbonyl (C=O) groups excluding carboxylic acids is 1. The Hall–Kier alpha value is -2.18. The smallest absolute Gasteiger partial charge is 0.274 e. The van der Waals surface area contributed by atoms with Crippen molar-refractivity contribution in [3.63, 3.8) is 0 Å². The van der Waals surface area contributed by atoms with Gasteiger partial charge in [0.15, 0.2) is 0 Å². The molecule has 1 aromatic carbocycles. The van der Waals surface area contributed by atoms with Crippen LogP contribution in [0.2, 0.25) is 5.02 Å². The molecule has 7 heteroatoms. The third-order valence-corrected chi connectivity index (χ3v) is 3.39. The van der Waals surface area contributed by atoms with Crippen LogP contribution in [-0.2, 0) is 0 Å². The van der Waals surface area contributed by atoms with Crippen LogP contribution < -0.4 is 10.6 Å². The van der Waals surface area contributed by atoms with E-state index in [0.29, 0.717) is 28.0 Å². The van der Waals surface area contributed by atoms with E-state index in [4.69, 9.17) is 11.6 Å². The van der Waals surface area contributed by atoms with Gasteiger partial charge < -0.3 is 15.5 Å². The molecule has 0 unspecified atom stereocenters. The number of aryl methyl sites for hydroxylation is 1. The van der Waals surface area contributed by atoms with E-state index in [-0.39, 0.29) is 5.91 Å². The molecule has 2 aromatic rings. The number of benzene rings is 1. The first kappa shape index (κ1) is 17.2. The van der Waals surface area contributed by atoms with Crippen molar-refractivity contribution in [2.75, 3.05) is 37.8 Å². The SMILES string of the molecule is Cc1nc(NCCN(C)C)cc(C(=O)Nc2ccccc2Cl)n1. The van der Waals surface area contributed by atoms with Crippen molar-refractivity contribution in [3.8, 4) is 0 Å². The minimum atomic E-state index is -0.320. The molecule has 0 aliphatic heterocycles. The highest BCUT2D eigenvalue weighted by Crippen LogP contribution is 2.21. The number of aromatic nitrogens is 2. The van der Waals surface area contributed by atoms with E-state index in [1.165, 1.54) is 0 Å². The number of hydrogen-bond acceptors (Lipinski definition) is 5. The standard InChI is InChI=1S/C16H20ClN5O/c1-11-19-14(10-15(20-11)18-8-9-22(2)3)16(23)21-13-7-5-4-6-12(13)17/h4-7,10H,8-9H2,1-3H3,(H,21,23)(H,18,19,20). The Balaban J connectivity index is 2.11. The van der Waals surface area contributed by atoms with Crippen LogP contribution in [0.1, 0.15) is 16.3 Å². The van der Waals surface area contributed by atoms with Crippen LogP contribution >= 0.6 is 11.6 Å². The summed E-state index contributed by atoms with van der Waals surface area (Å²) < 4.78 is 0. The number of halogens is 1. The van der Waals surface area contributed by atoms with Gasteiger partial charge in [-0.05, 0) is 33.2 Å². The van der Waals surface area contributed by atoms with Crippen molar-refractivity contribution in [3.05, 3.63) is 46.9 Å². The zero-order chi connectivity index (χ0) is 16.8. The van der Waals surface area contributed by atoms with Crippen LogP contribution in [0.15, 0.2) is 30.3 Å². The van der Waals surface area contributed by atoms with Crippen molar-refractivity contribution in [1.82, 2.24) is 14.9 Å². The maximum Gasteiger partial charge on any atom is 0.274 e. The maximum absolute atomic E-state index is 12.4. The maximum atomic E-state index is 12.4. The van der Waals surface area contributed by atoms with Crippen LogP contribution in [-0.4, -0.2) is 48.0 Å². The fraction of sp³-hybridized carbons (Fsp3) is 0.312. The molecular formula is C16H20ClN5O. The Kier molecular flexibility index (Phi) is 5.90. The lowest BCUT2D eigenvalue weighted by Crippen LogP contribution is -2.22. The van der Waals surface area contributed by atoms with E-state index < -0.39 is 0 Å². The van der Waals surface area contributed by atoms with Gasteiger partial charge in [-0.15, -0.1) is 0 Å². The zero-order valence-corrected chi connectivity index (χ0v) is 14.2. The van der Waals surface area contributed by atoms with Gasteiger partial charge in [0.1, 0.15) is 17.3 Å². The molecule has 23 heavy (non-hydrogen) atoms. The fourth-order valence-electron chi connectivity index (χ4n) is 1.93. The molecule has 0 bridgehead atoms. The van der Waals surface area contributed by atoms with Crippen LogP contribution in [0.5, 0.6) is 0 Å². The summed E-state index contributed by atoms with van der Waals surface area (Å²) in [6, 6.07) is 8.70. The molecule has 6 nitrogen and oxygen atoms in total. The molecule has 0 spiro atoms. The number of likely N-dealkylation sites (N-methyl/N-ethyl adjacent to an activating group) is 1. The van der Waals surface area contributed by atoms with E-state index in [1.807, 2.05) is 14.1 Å². The fourth-order valence-corrected chi connectivity index (χ4v) is 2.11. The molecule has 2 rings (SSSR count). The molecule has 0 radical (unpaired) electrons. The first-order valence-corrected chi connectivity index (χ1v) is 7.63. The Morgan fingerprint density at radius 3 is 2.70 bits per heavy atom. The van der Waals surface area contributed by atoms with E-state index in [9.17, 15) is 4.79 Å². The Morgan fingerprint density at radius 1 is 1.26 bits per heavy atom. The zero-order valence-electron chi connectivity index (χ0n) is 13.4. The van der Waals surface area contributed by atoms with Gasteiger partial charge in [-0.2, -0.15) is 0 Å². The number of carbonyl (C=O) groups is 1. The lowest BCUT2D eigenvalue weighted by Gasteiger charge is -2.12. The summed E-state index contributed by atoms with van der Waals surface area (Å²) in [5.41, 5.74) is 0.849. The Morgan fingerprint density at radius 2 is 2.00 bits per heavy atom. The lowest BCUT2D eigenvalue weighted by atomic mass is 10.3. The summed E-state index contributed by atoms with van der Waals surface area (Å²) in [7, 11) is 3.99. The number of rotatable bonds is 6. The van der Waals surface area contributed by atoms with Gasteiger partial charge in [-0.1, -0.05) is 23.7 Å². The second-order valence-corrected chi connectivity index (χ2v) is 5.76. The lowest BCUT2D eigenvalue weighted by molar-refractivity contribution is 0.102. The number of nitrogens with zero attached hydrogens (tertiary/aromatic N) is 3. The number of nitrogens with one attached hydrogen (secondary N) is 2. The number of anilines is 2. The van der Waals surface area contributed by atoms with E-state index in [2.05, 4.69) is 25.5 Å². The molecular weight excluding hydrogens is 314 g/mol. The predicted octanol–water partition coefficient (Wildman–Crippen LogP) is 2.66. The van der Waals surface area contributed by atoms with E-state index in [0.717, 1.165) is 13.1 Å². The topological polar surface area (TPSA) is 70.2 Å². The van der Waals surface area contributed by atoms with Crippen molar-refractivity contribution < 1.29 is 4.79 Å². The molecule has 0 saturated heterocycles. The van der Waals surface area contributed by atoms with Crippen LogP contribution in [0.25, 0.3) is 0 Å². The van der Waals surface area contributed by atoms with Gasteiger partial charge in [-0.3, -0.25) is 4.79 Å². The quantitative estimate of drug-likeness (QED) is 0.850. The van der Waals surface area contributed by atoms with Gasteiger partial charge in [0, 0.05) is 19.2 Å². The second-order valence-electron chi connectivity index (χ2n) is 5.35. The van der Waals surface area contributed by atoms with Gasteiger partial charge >= 0.3 is 0 Å². The molecule has 1 heterocycles. The van der Waals surface area contributed by atoms with Gasteiger partial charge in [0.2, 0.25) is 0 Å².